The zero-order valence-corrected chi connectivity index (χ0v) is 23.3. The minimum atomic E-state index is -1.09. The summed E-state index contributed by atoms with van der Waals surface area (Å²) in [7, 11) is 3.24. The number of hydrogen-bond acceptors (Lipinski definition) is 6. The molecule has 1 aromatic heterocycles. The largest absolute Gasteiger partial charge is 0.496 e. The van der Waals surface area contributed by atoms with Gasteiger partial charge < -0.3 is 25.6 Å². The van der Waals surface area contributed by atoms with Gasteiger partial charge in [-0.3, -0.25) is 9.59 Å². The number of aliphatic carboxylic acids is 1. The van der Waals surface area contributed by atoms with Gasteiger partial charge in [0.2, 0.25) is 5.91 Å². The molecular weight excluding hydrogens is 524 g/mol. The van der Waals surface area contributed by atoms with Crippen LogP contribution in [0.25, 0.3) is 0 Å². The van der Waals surface area contributed by atoms with Gasteiger partial charge in [-0.2, -0.15) is 9.78 Å². The van der Waals surface area contributed by atoms with Crippen LogP contribution in [0, 0.1) is 18.8 Å². The van der Waals surface area contributed by atoms with Crippen LogP contribution in [0.3, 0.4) is 0 Å². The van der Waals surface area contributed by atoms with Crippen LogP contribution >= 0.6 is 0 Å². The van der Waals surface area contributed by atoms with E-state index in [-0.39, 0.29) is 5.92 Å². The minimum absolute atomic E-state index is 0.107. The summed E-state index contributed by atoms with van der Waals surface area (Å²) in [6.07, 6.45) is 5.94. The highest BCUT2D eigenvalue weighted by Gasteiger charge is 2.72. The van der Waals surface area contributed by atoms with Gasteiger partial charge in [-0.25, -0.2) is 4.79 Å². The molecule has 4 N–H and O–H groups in total. The van der Waals surface area contributed by atoms with Gasteiger partial charge in [-0.15, -0.1) is 0 Å². The number of aromatic nitrogens is 2. The molecule has 4 bridgehead atoms. The molecule has 0 radical (unpaired) electrons. The second-order valence-corrected chi connectivity index (χ2v) is 12.0. The van der Waals surface area contributed by atoms with Crippen molar-refractivity contribution >= 4 is 17.9 Å². The number of benzene rings is 2. The van der Waals surface area contributed by atoms with Gasteiger partial charge in [-0.1, -0.05) is 12.1 Å². The maximum Gasteiger partial charge on any atom is 0.342 e. The molecule has 7 rings (SSSR count). The van der Waals surface area contributed by atoms with E-state index < -0.39 is 40.2 Å². The number of carbonyl (C=O) groups is 3. The molecule has 0 aliphatic heterocycles. The Kier molecular flexibility index (Phi) is 6.13. The normalized spacial score (nSPS) is 29.6. The summed E-state index contributed by atoms with van der Waals surface area (Å²) in [6, 6.07) is 12.1. The summed E-state index contributed by atoms with van der Waals surface area (Å²) in [6.45, 7) is 1.89. The fourth-order valence-corrected chi connectivity index (χ4v) is 9.02. The van der Waals surface area contributed by atoms with Crippen molar-refractivity contribution in [2.45, 2.75) is 55.4 Å². The predicted molar refractivity (Wildman–Crippen MR) is 149 cm³/mol. The Morgan fingerprint density at radius 1 is 1.05 bits per heavy atom. The standard InChI is InChI=1S/C31H34N4O6/c1-18-12-20(26(32)36)8-9-21(18)30-14-19-13-29(16-30,24-22(40-2)6-4-7-23(24)41-3)17-31(15-19,25(30)27(37)38)34-28(39)35-11-5-10-33-35/h4-12,19,25H,13-17H2,1-3H3,(H2,32,36)(H,34,39)(H,37,38). The Hall–Kier alpha value is -4.34. The first-order valence-corrected chi connectivity index (χ1v) is 13.8. The van der Waals surface area contributed by atoms with Crippen molar-refractivity contribution in [2.24, 2.45) is 17.6 Å². The zero-order valence-electron chi connectivity index (χ0n) is 23.3. The second-order valence-electron chi connectivity index (χ2n) is 12.0. The molecule has 4 fully saturated rings. The molecule has 4 aliphatic rings. The molecule has 4 saturated carbocycles. The third-order valence-electron chi connectivity index (χ3n) is 9.72. The number of rotatable bonds is 7. The second kappa shape index (κ2) is 9.36. The van der Waals surface area contributed by atoms with Crippen molar-refractivity contribution < 1.29 is 29.0 Å². The lowest BCUT2D eigenvalue weighted by molar-refractivity contribution is -0.167. The number of aryl methyl sites for hydroxylation is 1. The Labute approximate surface area is 237 Å². The molecule has 10 nitrogen and oxygen atoms in total. The van der Waals surface area contributed by atoms with Gasteiger partial charge >= 0.3 is 12.0 Å². The number of carboxylic acids is 1. The van der Waals surface area contributed by atoms with E-state index in [1.165, 1.54) is 10.9 Å². The molecule has 10 heteroatoms. The van der Waals surface area contributed by atoms with Crippen LogP contribution in [0.5, 0.6) is 11.5 Å². The van der Waals surface area contributed by atoms with E-state index >= 15 is 0 Å². The Bertz CT molecular complexity index is 1530. The Balaban J connectivity index is 1.61. The highest BCUT2D eigenvalue weighted by molar-refractivity contribution is 5.93. The molecule has 5 atom stereocenters. The number of carbonyl (C=O) groups excluding carboxylic acids is 2. The highest BCUT2D eigenvalue weighted by Crippen LogP contribution is 2.71. The molecule has 0 spiro atoms. The SMILES string of the molecule is COc1cccc(OC)c1C12CC3CC(NC(=O)n4cccn4)(C1)C(C(=O)O)C(c1ccc(C(N)=O)cc1C)(C3)C2. The molecule has 0 saturated heterocycles. The Morgan fingerprint density at radius 2 is 1.78 bits per heavy atom. The number of ether oxygens (including phenoxy) is 2. The first-order chi connectivity index (χ1) is 19.6. The van der Waals surface area contributed by atoms with Crippen LogP contribution in [0.2, 0.25) is 0 Å². The molecular formula is C31H34N4O6. The number of methoxy groups -OCH3 is 2. The summed E-state index contributed by atoms with van der Waals surface area (Å²) in [5.74, 6) is -0.998. The summed E-state index contributed by atoms with van der Waals surface area (Å²) in [5.41, 5.74) is 6.00. The average Bonchev–Trinajstić information content (AvgIpc) is 3.46. The van der Waals surface area contributed by atoms with E-state index in [1.807, 2.05) is 31.2 Å². The lowest BCUT2D eigenvalue weighted by Crippen LogP contribution is -2.75. The topological polar surface area (TPSA) is 146 Å². The van der Waals surface area contributed by atoms with E-state index in [1.54, 1.807) is 38.6 Å². The smallest absolute Gasteiger partial charge is 0.342 e. The third-order valence-corrected chi connectivity index (χ3v) is 9.72. The predicted octanol–water partition coefficient (Wildman–Crippen LogP) is 3.79. The zero-order chi connectivity index (χ0) is 29.2. The van der Waals surface area contributed by atoms with Crippen LogP contribution in [0.15, 0.2) is 54.9 Å². The van der Waals surface area contributed by atoms with Crippen molar-refractivity contribution in [3.63, 3.8) is 0 Å². The molecule has 214 valence electrons. The van der Waals surface area contributed by atoms with Crippen LogP contribution in [-0.4, -0.2) is 52.6 Å². The van der Waals surface area contributed by atoms with Gasteiger partial charge in [0.25, 0.3) is 0 Å². The van der Waals surface area contributed by atoms with Gasteiger partial charge in [0.15, 0.2) is 0 Å². The first kappa shape index (κ1) is 26.9. The summed E-state index contributed by atoms with van der Waals surface area (Å²) >= 11 is 0. The molecule has 2 amide bonds. The van der Waals surface area contributed by atoms with E-state index in [4.69, 9.17) is 15.2 Å². The number of nitrogens with zero attached hydrogens (tertiary/aromatic N) is 2. The van der Waals surface area contributed by atoms with Crippen molar-refractivity contribution in [2.75, 3.05) is 14.2 Å². The van der Waals surface area contributed by atoms with Crippen LogP contribution in [0.1, 0.15) is 59.2 Å². The average molecular weight is 559 g/mol. The molecule has 4 aliphatic carbocycles. The summed E-state index contributed by atoms with van der Waals surface area (Å²) in [4.78, 5) is 39.0. The third kappa shape index (κ3) is 3.91. The van der Waals surface area contributed by atoms with Crippen molar-refractivity contribution in [1.29, 1.82) is 0 Å². The van der Waals surface area contributed by atoms with Gasteiger partial charge in [-0.05, 0) is 86.4 Å². The number of amides is 2. The fourth-order valence-electron chi connectivity index (χ4n) is 9.02. The monoisotopic (exact) mass is 558 g/mol. The van der Waals surface area contributed by atoms with Crippen LogP contribution in [-0.2, 0) is 15.6 Å². The van der Waals surface area contributed by atoms with Crippen molar-refractivity contribution in [1.82, 2.24) is 15.1 Å². The quantitative estimate of drug-likeness (QED) is 0.400. The lowest BCUT2D eigenvalue weighted by atomic mass is 9.35. The van der Waals surface area contributed by atoms with Crippen molar-refractivity contribution in [3.8, 4) is 11.5 Å². The van der Waals surface area contributed by atoms with Gasteiger partial charge in [0.1, 0.15) is 11.5 Å². The molecule has 5 unspecified atom stereocenters. The van der Waals surface area contributed by atoms with Crippen LogP contribution < -0.4 is 20.5 Å². The number of hydrogen-bond donors (Lipinski definition) is 3. The highest BCUT2D eigenvalue weighted by atomic mass is 16.5. The number of carboxylic acid groups (broad SMARTS) is 1. The lowest BCUT2D eigenvalue weighted by Gasteiger charge is -2.69. The number of nitrogens with two attached hydrogens (primary N) is 1. The molecule has 41 heavy (non-hydrogen) atoms. The first-order valence-electron chi connectivity index (χ1n) is 13.8. The molecule has 3 aromatic rings. The molecule has 1 heterocycles. The van der Waals surface area contributed by atoms with Crippen LogP contribution in [0.4, 0.5) is 4.79 Å². The molecule has 2 aromatic carbocycles. The fraction of sp³-hybridized carbons (Fsp3) is 0.419. The number of nitrogens with one attached hydrogen (secondary N) is 1. The summed E-state index contributed by atoms with van der Waals surface area (Å²) < 4.78 is 13.0. The minimum Gasteiger partial charge on any atom is -0.496 e. The van der Waals surface area contributed by atoms with Gasteiger partial charge in [0.05, 0.1) is 25.7 Å². The van der Waals surface area contributed by atoms with E-state index in [0.717, 1.165) is 23.1 Å². The maximum absolute atomic E-state index is 13.6. The number of primary amides is 1. The summed E-state index contributed by atoms with van der Waals surface area (Å²) in [5, 5.41) is 18.3. The maximum atomic E-state index is 13.6. The van der Waals surface area contributed by atoms with Gasteiger partial charge in [0, 0.05) is 34.4 Å². The van der Waals surface area contributed by atoms with E-state index in [2.05, 4.69) is 10.4 Å². The Morgan fingerprint density at radius 3 is 2.37 bits per heavy atom. The van der Waals surface area contributed by atoms with Crippen molar-refractivity contribution in [3.05, 3.63) is 77.1 Å². The van der Waals surface area contributed by atoms with E-state index in [9.17, 15) is 19.5 Å². The van der Waals surface area contributed by atoms with E-state index in [0.29, 0.717) is 42.7 Å².